The fourth-order valence-electron chi connectivity index (χ4n) is 2.79. The van der Waals surface area contributed by atoms with Gasteiger partial charge in [0.05, 0.1) is 12.2 Å². The van der Waals surface area contributed by atoms with Gasteiger partial charge in [-0.15, -0.1) is 0 Å². The zero-order valence-electron chi connectivity index (χ0n) is 11.5. The van der Waals surface area contributed by atoms with Gasteiger partial charge in [-0.05, 0) is 31.0 Å². The quantitative estimate of drug-likeness (QED) is 0.897. The third-order valence-corrected chi connectivity index (χ3v) is 3.97. The number of benzene rings is 1. The average molecular weight is 288 g/mol. The summed E-state index contributed by atoms with van der Waals surface area (Å²) in [4.78, 5) is 1.84. The van der Waals surface area contributed by atoms with Crippen LogP contribution in [0, 0.1) is 0 Å². The van der Waals surface area contributed by atoms with Crippen LogP contribution in [-0.4, -0.2) is 28.7 Å². The van der Waals surface area contributed by atoms with E-state index in [0.29, 0.717) is 5.56 Å². The maximum atomic E-state index is 13.1. The van der Waals surface area contributed by atoms with Gasteiger partial charge >= 0.3 is 6.18 Å². The van der Waals surface area contributed by atoms with Crippen molar-refractivity contribution in [2.45, 2.75) is 38.1 Å². The molecule has 0 radical (unpaired) electrons. The summed E-state index contributed by atoms with van der Waals surface area (Å²) >= 11 is 0. The predicted octanol–water partition coefficient (Wildman–Crippen LogP) is 2.29. The molecule has 3 nitrogen and oxygen atoms in total. The zero-order valence-corrected chi connectivity index (χ0v) is 11.5. The Bertz CT molecular complexity index is 500. The Labute approximate surface area is 116 Å². The molecule has 2 rings (SSSR count). The second kappa shape index (κ2) is 5.02. The Morgan fingerprint density at radius 2 is 2.00 bits per heavy atom. The molecule has 0 saturated carbocycles. The summed E-state index contributed by atoms with van der Waals surface area (Å²) < 4.78 is 39.2. The summed E-state index contributed by atoms with van der Waals surface area (Å²) in [6.45, 7) is 3.83. The number of alkyl halides is 3. The summed E-state index contributed by atoms with van der Waals surface area (Å²) in [7, 11) is 0. The highest BCUT2D eigenvalue weighted by atomic mass is 19.4. The van der Waals surface area contributed by atoms with Gasteiger partial charge in [0.1, 0.15) is 0 Å². The molecule has 3 N–H and O–H groups in total. The van der Waals surface area contributed by atoms with Gasteiger partial charge in [0.25, 0.3) is 0 Å². The van der Waals surface area contributed by atoms with Crippen molar-refractivity contribution in [1.82, 2.24) is 4.90 Å². The van der Waals surface area contributed by atoms with E-state index in [1.165, 1.54) is 6.07 Å². The number of aliphatic hydroxyl groups excluding tert-OH is 1. The topological polar surface area (TPSA) is 49.5 Å². The Morgan fingerprint density at radius 3 is 2.50 bits per heavy atom. The molecule has 1 aromatic rings. The highest BCUT2D eigenvalue weighted by molar-refractivity contribution is 5.42. The molecule has 1 aromatic carbocycles. The smallest absolute Gasteiger partial charge is 0.394 e. The van der Waals surface area contributed by atoms with Crippen molar-refractivity contribution in [1.29, 1.82) is 0 Å². The molecule has 0 aromatic heterocycles. The van der Waals surface area contributed by atoms with E-state index in [4.69, 9.17) is 5.73 Å². The molecule has 20 heavy (non-hydrogen) atoms. The fourth-order valence-corrected chi connectivity index (χ4v) is 2.79. The maximum Gasteiger partial charge on any atom is 0.416 e. The van der Waals surface area contributed by atoms with E-state index in [1.807, 2.05) is 4.90 Å². The second-order valence-corrected chi connectivity index (χ2v) is 5.72. The zero-order chi connectivity index (χ0) is 15.1. The van der Waals surface area contributed by atoms with Crippen LogP contribution in [0.5, 0.6) is 0 Å². The lowest BCUT2D eigenvalue weighted by atomic mass is 9.98. The lowest BCUT2D eigenvalue weighted by Crippen LogP contribution is -2.47. The third-order valence-electron chi connectivity index (χ3n) is 3.97. The highest BCUT2D eigenvalue weighted by Gasteiger charge is 2.43. The normalized spacial score (nSPS) is 20.2. The number of rotatable bonds is 3. The fraction of sp³-hybridized carbons (Fsp3) is 0.571. The molecule has 6 heteroatoms. The summed E-state index contributed by atoms with van der Waals surface area (Å²) in [5.41, 5.74) is 5.41. The van der Waals surface area contributed by atoms with Gasteiger partial charge < -0.3 is 10.8 Å². The van der Waals surface area contributed by atoms with Crippen LogP contribution in [-0.2, 0) is 12.7 Å². The Balaban J connectivity index is 2.50. The van der Waals surface area contributed by atoms with Crippen LogP contribution < -0.4 is 5.73 Å². The highest BCUT2D eigenvalue weighted by Crippen LogP contribution is 2.43. The first kappa shape index (κ1) is 15.3. The van der Waals surface area contributed by atoms with Crippen molar-refractivity contribution in [3.8, 4) is 0 Å². The molecule has 0 aliphatic carbocycles. The number of halogens is 3. The molecule has 1 heterocycles. The van der Waals surface area contributed by atoms with E-state index in [1.54, 1.807) is 19.9 Å². The molecule has 0 fully saturated rings. The molecular formula is C14H19F3N2O. The molecule has 0 bridgehead atoms. The maximum absolute atomic E-state index is 13.1. The number of nitrogens with zero attached hydrogens (tertiary/aromatic N) is 1. The minimum Gasteiger partial charge on any atom is -0.394 e. The van der Waals surface area contributed by atoms with E-state index >= 15 is 0 Å². The largest absolute Gasteiger partial charge is 0.416 e. The van der Waals surface area contributed by atoms with Gasteiger partial charge in [0.15, 0.2) is 0 Å². The molecule has 1 aliphatic heterocycles. The summed E-state index contributed by atoms with van der Waals surface area (Å²) in [5, 5.41) is 9.47. The summed E-state index contributed by atoms with van der Waals surface area (Å²) in [5.74, 6) is 0. The first-order chi connectivity index (χ1) is 9.22. The number of nitrogens with two attached hydrogens (primary N) is 1. The monoisotopic (exact) mass is 288 g/mol. The van der Waals surface area contributed by atoms with Crippen LogP contribution in [0.3, 0.4) is 0 Å². The number of hydrogen-bond donors (Lipinski definition) is 2. The lowest BCUT2D eigenvalue weighted by Gasteiger charge is -2.38. The van der Waals surface area contributed by atoms with Gasteiger partial charge in [-0.3, -0.25) is 4.90 Å². The molecule has 0 spiro atoms. The Kier molecular flexibility index (Phi) is 3.83. The van der Waals surface area contributed by atoms with Crippen molar-refractivity contribution in [2.24, 2.45) is 5.73 Å². The molecule has 0 saturated heterocycles. The van der Waals surface area contributed by atoms with Crippen LogP contribution >= 0.6 is 0 Å². The van der Waals surface area contributed by atoms with Crippen LogP contribution in [0.1, 0.15) is 36.6 Å². The number of fused-ring (bicyclic) bond motifs is 1. The van der Waals surface area contributed by atoms with E-state index in [0.717, 1.165) is 6.07 Å². The van der Waals surface area contributed by atoms with E-state index < -0.39 is 17.3 Å². The van der Waals surface area contributed by atoms with Crippen LogP contribution in [0.25, 0.3) is 0 Å². The van der Waals surface area contributed by atoms with E-state index in [-0.39, 0.29) is 31.3 Å². The molecule has 1 unspecified atom stereocenters. The summed E-state index contributed by atoms with van der Waals surface area (Å²) in [6, 6.07) is 3.91. The average Bonchev–Trinajstić information content (AvgIpc) is 2.76. The minimum absolute atomic E-state index is 0.140. The van der Waals surface area contributed by atoms with Gasteiger partial charge in [-0.1, -0.05) is 12.1 Å². The molecule has 1 atom stereocenters. The van der Waals surface area contributed by atoms with Crippen LogP contribution in [0.2, 0.25) is 0 Å². The standard InChI is InChI=1S/C14H19F3N2O/c1-13(2,8-20)19-7-10-9(12(19)6-18)4-3-5-11(10)14(15,16)17/h3-5,12,20H,6-8,18H2,1-2H3. The minimum atomic E-state index is -4.37. The van der Waals surface area contributed by atoms with Crippen molar-refractivity contribution in [3.63, 3.8) is 0 Å². The van der Waals surface area contributed by atoms with Crippen molar-refractivity contribution >= 4 is 0 Å². The van der Waals surface area contributed by atoms with E-state index in [2.05, 4.69) is 0 Å². The van der Waals surface area contributed by atoms with Gasteiger partial charge in [-0.25, -0.2) is 0 Å². The van der Waals surface area contributed by atoms with Crippen LogP contribution in [0.15, 0.2) is 18.2 Å². The van der Waals surface area contributed by atoms with Gasteiger partial charge in [0, 0.05) is 24.7 Å². The Hall–Kier alpha value is -1.11. The molecular weight excluding hydrogens is 269 g/mol. The van der Waals surface area contributed by atoms with E-state index in [9.17, 15) is 18.3 Å². The Morgan fingerprint density at radius 1 is 1.35 bits per heavy atom. The number of aliphatic hydroxyl groups is 1. The van der Waals surface area contributed by atoms with Crippen LogP contribution in [0.4, 0.5) is 13.2 Å². The second-order valence-electron chi connectivity index (χ2n) is 5.72. The van der Waals surface area contributed by atoms with Gasteiger partial charge in [0.2, 0.25) is 0 Å². The first-order valence-corrected chi connectivity index (χ1v) is 6.49. The predicted molar refractivity (Wildman–Crippen MR) is 69.9 cm³/mol. The van der Waals surface area contributed by atoms with Crippen molar-refractivity contribution in [3.05, 3.63) is 34.9 Å². The molecule has 1 aliphatic rings. The number of hydrogen-bond acceptors (Lipinski definition) is 3. The molecule has 0 amide bonds. The SMILES string of the molecule is CC(C)(CO)N1Cc2c(cccc2C(F)(F)F)C1CN. The first-order valence-electron chi connectivity index (χ1n) is 6.49. The third kappa shape index (κ3) is 2.43. The van der Waals surface area contributed by atoms with Crippen molar-refractivity contribution < 1.29 is 18.3 Å². The molecule has 112 valence electrons. The lowest BCUT2D eigenvalue weighted by molar-refractivity contribution is -0.138. The van der Waals surface area contributed by atoms with Gasteiger partial charge in [-0.2, -0.15) is 13.2 Å². The summed E-state index contributed by atoms with van der Waals surface area (Å²) in [6.07, 6.45) is -4.37. The van der Waals surface area contributed by atoms with Crippen molar-refractivity contribution in [2.75, 3.05) is 13.2 Å².